The molecule has 0 aromatic heterocycles. The minimum Gasteiger partial charge on any atom is -0.381 e. The van der Waals surface area contributed by atoms with Crippen LogP contribution in [0.5, 0.6) is 0 Å². The predicted molar refractivity (Wildman–Crippen MR) is 119 cm³/mol. The number of benzene rings is 2. The van der Waals surface area contributed by atoms with Crippen molar-refractivity contribution >= 4 is 15.9 Å². The van der Waals surface area contributed by atoms with Crippen LogP contribution < -0.4 is 5.32 Å². The van der Waals surface area contributed by atoms with E-state index in [1.54, 1.807) is 0 Å². The third-order valence-corrected chi connectivity index (χ3v) is 8.52. The zero-order valence-electron chi connectivity index (χ0n) is 18.0. The molecule has 0 spiro atoms. The highest BCUT2D eigenvalue weighted by Gasteiger charge is 2.37. The Morgan fingerprint density at radius 3 is 2.47 bits per heavy atom. The van der Waals surface area contributed by atoms with Crippen LogP contribution in [0.15, 0.2) is 59.5 Å². The predicted octanol–water partition coefficient (Wildman–Crippen LogP) is 3.09. The molecule has 0 unspecified atom stereocenters. The highest BCUT2D eigenvalue weighted by molar-refractivity contribution is 7.89. The highest BCUT2D eigenvalue weighted by atomic mass is 32.2. The van der Waals surface area contributed by atoms with E-state index < -0.39 is 21.8 Å². The van der Waals surface area contributed by atoms with Gasteiger partial charge < -0.3 is 10.1 Å². The first kappa shape index (κ1) is 22.9. The number of ether oxygens (including phenoxy) is 1. The Bertz CT molecular complexity index is 1020. The smallest absolute Gasteiger partial charge is 0.243 e. The van der Waals surface area contributed by atoms with Gasteiger partial charge in [-0.15, -0.1) is 0 Å². The largest absolute Gasteiger partial charge is 0.381 e. The number of carbonyl (C=O) groups is 1. The van der Waals surface area contributed by atoms with Crippen LogP contribution >= 0.6 is 0 Å². The van der Waals surface area contributed by atoms with Crippen molar-refractivity contribution in [1.82, 2.24) is 9.62 Å². The van der Waals surface area contributed by atoms with Gasteiger partial charge in [0.05, 0.1) is 10.8 Å². The van der Waals surface area contributed by atoms with E-state index in [1.165, 1.54) is 22.0 Å². The summed E-state index contributed by atoms with van der Waals surface area (Å²) < 4.78 is 46.0. The number of sulfonamides is 1. The van der Waals surface area contributed by atoms with Crippen molar-refractivity contribution in [2.75, 3.05) is 32.8 Å². The van der Waals surface area contributed by atoms with Gasteiger partial charge in [0.2, 0.25) is 15.9 Å². The molecule has 172 valence electrons. The van der Waals surface area contributed by atoms with Crippen LogP contribution in [0.25, 0.3) is 0 Å². The second-order valence-corrected chi connectivity index (χ2v) is 10.6. The number of nitrogens with zero attached hydrogens (tertiary/aromatic N) is 1. The fourth-order valence-electron chi connectivity index (χ4n) is 4.65. The lowest BCUT2D eigenvalue weighted by atomic mass is 9.74. The van der Waals surface area contributed by atoms with Crippen molar-refractivity contribution in [3.8, 4) is 0 Å². The van der Waals surface area contributed by atoms with Crippen molar-refractivity contribution in [3.63, 3.8) is 0 Å². The van der Waals surface area contributed by atoms with E-state index in [9.17, 15) is 17.6 Å². The Morgan fingerprint density at radius 1 is 1.09 bits per heavy atom. The summed E-state index contributed by atoms with van der Waals surface area (Å²) in [5.41, 5.74) is 1.01. The molecular formula is C24H29FN2O4S. The summed E-state index contributed by atoms with van der Waals surface area (Å²) in [5, 5.41) is 3.12. The van der Waals surface area contributed by atoms with E-state index in [0.717, 1.165) is 25.0 Å². The Kier molecular flexibility index (Phi) is 6.93. The number of amides is 1. The van der Waals surface area contributed by atoms with Crippen LogP contribution in [0.1, 0.15) is 31.2 Å². The second kappa shape index (κ2) is 9.68. The van der Waals surface area contributed by atoms with Gasteiger partial charge in [-0.3, -0.25) is 4.79 Å². The summed E-state index contributed by atoms with van der Waals surface area (Å²) in [6.07, 6.45) is 2.90. The van der Waals surface area contributed by atoms with Crippen molar-refractivity contribution in [2.45, 2.75) is 36.0 Å². The zero-order valence-corrected chi connectivity index (χ0v) is 18.8. The first-order valence-electron chi connectivity index (χ1n) is 11.1. The van der Waals surface area contributed by atoms with E-state index in [-0.39, 0.29) is 22.8 Å². The Labute approximate surface area is 188 Å². The van der Waals surface area contributed by atoms with Gasteiger partial charge in [0, 0.05) is 38.3 Å². The molecule has 0 bridgehead atoms. The molecule has 2 fully saturated rings. The van der Waals surface area contributed by atoms with Crippen LogP contribution in [0.2, 0.25) is 0 Å². The Hall–Kier alpha value is -2.29. The summed E-state index contributed by atoms with van der Waals surface area (Å²) in [4.78, 5) is 13.1. The van der Waals surface area contributed by atoms with Gasteiger partial charge in [0.25, 0.3) is 0 Å². The normalized spacial score (nSPS) is 21.7. The van der Waals surface area contributed by atoms with Gasteiger partial charge in [-0.1, -0.05) is 30.3 Å². The maximum Gasteiger partial charge on any atom is 0.243 e. The lowest BCUT2D eigenvalue weighted by molar-refractivity contribution is -0.126. The van der Waals surface area contributed by atoms with Crippen LogP contribution in [0, 0.1) is 11.7 Å². The van der Waals surface area contributed by atoms with Gasteiger partial charge in [0.1, 0.15) is 5.82 Å². The molecule has 2 aromatic rings. The van der Waals surface area contributed by atoms with E-state index in [2.05, 4.69) is 17.4 Å². The molecule has 0 radical (unpaired) electrons. The lowest BCUT2D eigenvalue weighted by Gasteiger charge is -2.38. The average Bonchev–Trinajstić information content (AvgIpc) is 2.84. The molecule has 0 aliphatic carbocycles. The number of hydrogen-bond donors (Lipinski definition) is 1. The van der Waals surface area contributed by atoms with Gasteiger partial charge >= 0.3 is 0 Å². The third-order valence-electron chi connectivity index (χ3n) is 6.64. The first-order valence-corrected chi connectivity index (χ1v) is 12.5. The van der Waals surface area contributed by atoms with Crippen LogP contribution in [0.4, 0.5) is 4.39 Å². The van der Waals surface area contributed by atoms with Crippen molar-refractivity contribution in [3.05, 3.63) is 66.0 Å². The third kappa shape index (κ3) is 4.87. The van der Waals surface area contributed by atoms with E-state index in [1.807, 2.05) is 18.2 Å². The summed E-state index contributed by atoms with van der Waals surface area (Å²) in [5.74, 6) is -1.02. The maximum atomic E-state index is 13.2. The Morgan fingerprint density at radius 2 is 1.78 bits per heavy atom. The molecule has 2 heterocycles. The van der Waals surface area contributed by atoms with Gasteiger partial charge in [-0.05, 0) is 55.5 Å². The fourth-order valence-corrected chi connectivity index (χ4v) is 6.18. The van der Waals surface area contributed by atoms with Crippen LogP contribution in [-0.2, 0) is 25.0 Å². The molecule has 2 aliphatic heterocycles. The van der Waals surface area contributed by atoms with E-state index >= 15 is 0 Å². The summed E-state index contributed by atoms with van der Waals surface area (Å²) >= 11 is 0. The monoisotopic (exact) mass is 460 g/mol. The van der Waals surface area contributed by atoms with Gasteiger partial charge in [0.15, 0.2) is 0 Å². The standard InChI is InChI=1S/C24H29FN2O4S/c25-21-8-10-22(11-9-21)32(29,30)27-14-4-5-19(17-27)23(28)26-18-24(12-15-31-16-13-24)20-6-2-1-3-7-20/h1-3,6-11,19H,4-5,12-18H2,(H,26,28)/t19-/m1/s1. The van der Waals surface area contributed by atoms with Crippen molar-refractivity contribution < 1.29 is 22.3 Å². The SMILES string of the molecule is O=C(NCC1(c2ccccc2)CCOCC1)[C@@H]1CCCN(S(=O)(=O)c2ccc(F)cc2)C1. The Balaban J connectivity index is 1.43. The number of nitrogens with one attached hydrogen (secondary N) is 1. The number of piperidine rings is 1. The molecule has 4 rings (SSSR count). The molecule has 1 amide bonds. The molecule has 2 saturated heterocycles. The molecule has 6 nitrogen and oxygen atoms in total. The van der Waals surface area contributed by atoms with E-state index in [4.69, 9.17) is 4.74 Å². The molecule has 8 heteroatoms. The minimum absolute atomic E-state index is 0.0465. The number of halogens is 1. The molecule has 32 heavy (non-hydrogen) atoms. The minimum atomic E-state index is -3.77. The molecular weight excluding hydrogens is 431 g/mol. The van der Waals surface area contributed by atoms with Crippen LogP contribution in [0.3, 0.4) is 0 Å². The van der Waals surface area contributed by atoms with Crippen LogP contribution in [-0.4, -0.2) is 51.5 Å². The van der Waals surface area contributed by atoms with Crippen molar-refractivity contribution in [2.24, 2.45) is 5.92 Å². The van der Waals surface area contributed by atoms with E-state index in [0.29, 0.717) is 39.1 Å². The quantitative estimate of drug-likeness (QED) is 0.719. The molecule has 1 N–H and O–H groups in total. The summed E-state index contributed by atoms with van der Waals surface area (Å²) in [7, 11) is -3.77. The lowest BCUT2D eigenvalue weighted by Crippen LogP contribution is -2.49. The van der Waals surface area contributed by atoms with Gasteiger partial charge in [-0.25, -0.2) is 12.8 Å². The number of hydrogen-bond acceptors (Lipinski definition) is 4. The number of carbonyl (C=O) groups excluding carboxylic acids is 1. The van der Waals surface area contributed by atoms with Crippen molar-refractivity contribution in [1.29, 1.82) is 0 Å². The topological polar surface area (TPSA) is 75.7 Å². The molecule has 2 aliphatic rings. The highest BCUT2D eigenvalue weighted by Crippen LogP contribution is 2.34. The molecule has 2 aromatic carbocycles. The summed E-state index contributed by atoms with van der Waals surface area (Å²) in [6, 6.07) is 15.0. The first-order chi connectivity index (χ1) is 15.4. The summed E-state index contributed by atoms with van der Waals surface area (Å²) in [6.45, 7) is 2.29. The second-order valence-electron chi connectivity index (χ2n) is 8.63. The van der Waals surface area contributed by atoms with Gasteiger partial charge in [-0.2, -0.15) is 4.31 Å². The number of rotatable bonds is 6. The molecule has 0 saturated carbocycles. The zero-order chi connectivity index (χ0) is 22.6. The fraction of sp³-hybridized carbons (Fsp3) is 0.458. The average molecular weight is 461 g/mol. The maximum absolute atomic E-state index is 13.2. The molecule has 1 atom stereocenters.